The molecule has 6 heteroatoms. The number of nitrogen functional groups attached to an aromatic ring is 2. The van der Waals surface area contributed by atoms with Gasteiger partial charge >= 0.3 is 0 Å². The van der Waals surface area contributed by atoms with Crippen LogP contribution in [-0.4, -0.2) is 10.9 Å². The third-order valence-electron chi connectivity index (χ3n) is 3.00. The van der Waals surface area contributed by atoms with Gasteiger partial charge in [-0.05, 0) is 42.8 Å². The number of carbonyl (C=O) groups is 1. The van der Waals surface area contributed by atoms with Crippen molar-refractivity contribution in [3.63, 3.8) is 0 Å². The second kappa shape index (κ2) is 5.06. The molecule has 106 valence electrons. The highest BCUT2D eigenvalue weighted by molar-refractivity contribution is 7.22. The van der Waals surface area contributed by atoms with Crippen LogP contribution in [-0.2, 0) is 0 Å². The van der Waals surface area contributed by atoms with Crippen molar-refractivity contribution < 1.29 is 4.79 Å². The molecular weight excluding hydrogens is 284 g/mol. The number of fused-ring (bicyclic) bond motifs is 1. The summed E-state index contributed by atoms with van der Waals surface area (Å²) < 4.78 is 1.04. The minimum atomic E-state index is -0.273. The van der Waals surface area contributed by atoms with Gasteiger partial charge in [-0.25, -0.2) is 4.98 Å². The molecule has 0 saturated heterocycles. The van der Waals surface area contributed by atoms with Crippen LogP contribution in [0.1, 0.15) is 15.9 Å². The quantitative estimate of drug-likeness (QED) is 0.634. The molecule has 3 aromatic rings. The van der Waals surface area contributed by atoms with Crippen molar-refractivity contribution in [1.82, 2.24) is 4.98 Å². The van der Waals surface area contributed by atoms with Crippen LogP contribution < -0.4 is 16.8 Å². The summed E-state index contributed by atoms with van der Waals surface area (Å²) in [5.74, 6) is -0.273. The third-order valence-corrected chi connectivity index (χ3v) is 3.94. The Hall–Kier alpha value is -2.60. The van der Waals surface area contributed by atoms with Crippen molar-refractivity contribution in [2.24, 2.45) is 0 Å². The Bertz CT molecular complexity index is 821. The lowest BCUT2D eigenvalue weighted by Gasteiger charge is -2.04. The number of nitrogens with two attached hydrogens (primary N) is 2. The summed E-state index contributed by atoms with van der Waals surface area (Å²) in [7, 11) is 0. The molecule has 0 unspecified atom stereocenters. The lowest BCUT2D eigenvalue weighted by atomic mass is 10.1. The zero-order valence-corrected chi connectivity index (χ0v) is 12.2. The molecule has 0 bridgehead atoms. The van der Waals surface area contributed by atoms with E-state index in [1.807, 2.05) is 25.1 Å². The van der Waals surface area contributed by atoms with Gasteiger partial charge in [0.1, 0.15) is 0 Å². The maximum absolute atomic E-state index is 12.2. The molecule has 0 radical (unpaired) electrons. The number of carbonyl (C=O) groups excluding carboxylic acids is 1. The Balaban J connectivity index is 1.88. The molecule has 3 rings (SSSR count). The van der Waals surface area contributed by atoms with E-state index in [1.165, 1.54) is 11.3 Å². The van der Waals surface area contributed by atoms with E-state index >= 15 is 0 Å². The van der Waals surface area contributed by atoms with E-state index in [2.05, 4.69) is 10.3 Å². The monoisotopic (exact) mass is 298 g/mol. The van der Waals surface area contributed by atoms with Crippen molar-refractivity contribution in [2.45, 2.75) is 6.92 Å². The van der Waals surface area contributed by atoms with Crippen molar-refractivity contribution in [3.05, 3.63) is 47.5 Å². The second-order valence-electron chi connectivity index (χ2n) is 4.83. The van der Waals surface area contributed by atoms with Crippen LogP contribution >= 0.6 is 11.3 Å². The standard InChI is InChI=1S/C15H14N4OS/c1-8-2-3-12-13(4-8)21-15(18-12)19-14(20)9-5-10(16)7-11(17)6-9/h2-7H,16-17H2,1H3,(H,18,19,20). The number of aromatic nitrogens is 1. The first-order valence-corrected chi connectivity index (χ1v) is 7.17. The van der Waals surface area contributed by atoms with Crippen LogP contribution in [0.2, 0.25) is 0 Å². The highest BCUT2D eigenvalue weighted by Gasteiger charge is 2.11. The summed E-state index contributed by atoms with van der Waals surface area (Å²) in [6.07, 6.45) is 0. The number of nitrogens with zero attached hydrogens (tertiary/aromatic N) is 1. The lowest BCUT2D eigenvalue weighted by Crippen LogP contribution is -2.12. The lowest BCUT2D eigenvalue weighted by molar-refractivity contribution is 0.102. The van der Waals surface area contributed by atoms with E-state index in [-0.39, 0.29) is 5.91 Å². The molecule has 21 heavy (non-hydrogen) atoms. The van der Waals surface area contributed by atoms with Gasteiger partial charge in [-0.2, -0.15) is 0 Å². The minimum absolute atomic E-state index is 0.273. The zero-order chi connectivity index (χ0) is 15.0. The molecular formula is C15H14N4OS. The Morgan fingerprint density at radius 3 is 2.57 bits per heavy atom. The average Bonchev–Trinajstić information content (AvgIpc) is 2.78. The highest BCUT2D eigenvalue weighted by Crippen LogP contribution is 2.27. The number of nitrogens with one attached hydrogen (secondary N) is 1. The van der Waals surface area contributed by atoms with Crippen LogP contribution in [0, 0.1) is 6.92 Å². The van der Waals surface area contributed by atoms with E-state index in [0.717, 1.165) is 15.8 Å². The highest BCUT2D eigenvalue weighted by atomic mass is 32.1. The van der Waals surface area contributed by atoms with Crippen molar-refractivity contribution in [2.75, 3.05) is 16.8 Å². The van der Waals surface area contributed by atoms with Crippen LogP contribution in [0.25, 0.3) is 10.2 Å². The Labute approximate surface area is 125 Å². The maximum atomic E-state index is 12.2. The van der Waals surface area contributed by atoms with Crippen LogP contribution in [0.15, 0.2) is 36.4 Å². The molecule has 0 saturated carbocycles. The molecule has 1 amide bonds. The Morgan fingerprint density at radius 2 is 1.86 bits per heavy atom. The summed E-state index contributed by atoms with van der Waals surface area (Å²) in [6, 6.07) is 10.8. The number of rotatable bonds is 2. The van der Waals surface area contributed by atoms with Crippen molar-refractivity contribution in [3.8, 4) is 0 Å². The number of thiazole rings is 1. The molecule has 5 N–H and O–H groups in total. The number of hydrogen-bond acceptors (Lipinski definition) is 5. The van der Waals surface area contributed by atoms with Gasteiger partial charge in [0.2, 0.25) is 0 Å². The Kier molecular flexibility index (Phi) is 3.23. The van der Waals surface area contributed by atoms with Gasteiger partial charge in [0.05, 0.1) is 10.2 Å². The van der Waals surface area contributed by atoms with E-state index < -0.39 is 0 Å². The number of benzene rings is 2. The fourth-order valence-corrected chi connectivity index (χ4v) is 3.02. The predicted molar refractivity (Wildman–Crippen MR) is 87.6 cm³/mol. The van der Waals surface area contributed by atoms with Gasteiger partial charge in [-0.1, -0.05) is 17.4 Å². The average molecular weight is 298 g/mol. The van der Waals surface area contributed by atoms with E-state index in [1.54, 1.807) is 18.2 Å². The summed E-state index contributed by atoms with van der Waals surface area (Å²) in [4.78, 5) is 16.6. The molecule has 0 aliphatic rings. The summed E-state index contributed by atoms with van der Waals surface area (Å²) in [5, 5.41) is 3.34. The largest absolute Gasteiger partial charge is 0.399 e. The normalized spacial score (nSPS) is 10.7. The second-order valence-corrected chi connectivity index (χ2v) is 5.86. The summed E-state index contributed by atoms with van der Waals surface area (Å²) >= 11 is 1.44. The van der Waals surface area contributed by atoms with E-state index in [0.29, 0.717) is 22.1 Å². The molecule has 0 aliphatic carbocycles. The van der Waals surface area contributed by atoms with Gasteiger partial charge in [0.15, 0.2) is 5.13 Å². The van der Waals surface area contributed by atoms with Crippen molar-refractivity contribution in [1.29, 1.82) is 0 Å². The molecule has 0 atom stereocenters. The maximum Gasteiger partial charge on any atom is 0.257 e. The fourth-order valence-electron chi connectivity index (χ4n) is 2.06. The first-order valence-electron chi connectivity index (χ1n) is 6.36. The molecule has 0 aliphatic heterocycles. The fraction of sp³-hybridized carbons (Fsp3) is 0.0667. The molecule has 0 spiro atoms. The SMILES string of the molecule is Cc1ccc2nc(NC(=O)c3cc(N)cc(N)c3)sc2c1. The van der Waals surface area contributed by atoms with Gasteiger partial charge in [-0.3, -0.25) is 10.1 Å². The number of anilines is 3. The smallest absolute Gasteiger partial charge is 0.257 e. The van der Waals surface area contributed by atoms with E-state index in [9.17, 15) is 4.79 Å². The summed E-state index contributed by atoms with van der Waals surface area (Å²) in [6.45, 7) is 2.02. The molecule has 5 nitrogen and oxygen atoms in total. The molecule has 2 aromatic carbocycles. The van der Waals surface area contributed by atoms with Crippen LogP contribution in [0.4, 0.5) is 16.5 Å². The molecule has 1 heterocycles. The number of amides is 1. The third kappa shape index (κ3) is 2.80. The van der Waals surface area contributed by atoms with Gasteiger partial charge in [0, 0.05) is 16.9 Å². The predicted octanol–water partition coefficient (Wildman–Crippen LogP) is 3.02. The number of hydrogen-bond donors (Lipinski definition) is 3. The summed E-state index contributed by atoms with van der Waals surface area (Å²) in [5.41, 5.74) is 14.8. The first-order chi connectivity index (χ1) is 10.0. The van der Waals surface area contributed by atoms with E-state index in [4.69, 9.17) is 11.5 Å². The van der Waals surface area contributed by atoms with Crippen LogP contribution in [0.5, 0.6) is 0 Å². The van der Waals surface area contributed by atoms with Gasteiger partial charge in [-0.15, -0.1) is 0 Å². The number of aryl methyl sites for hydroxylation is 1. The van der Waals surface area contributed by atoms with Gasteiger partial charge < -0.3 is 11.5 Å². The Morgan fingerprint density at radius 1 is 1.14 bits per heavy atom. The van der Waals surface area contributed by atoms with Crippen LogP contribution in [0.3, 0.4) is 0 Å². The zero-order valence-electron chi connectivity index (χ0n) is 11.4. The topological polar surface area (TPSA) is 94.0 Å². The first kappa shape index (κ1) is 13.4. The van der Waals surface area contributed by atoms with Gasteiger partial charge in [0.25, 0.3) is 5.91 Å². The molecule has 1 aromatic heterocycles. The minimum Gasteiger partial charge on any atom is -0.399 e. The molecule has 0 fully saturated rings. The van der Waals surface area contributed by atoms with Crippen molar-refractivity contribution >= 4 is 44.0 Å².